The van der Waals surface area contributed by atoms with Crippen LogP contribution in [0, 0.1) is 5.92 Å². The molecule has 3 atom stereocenters. The second-order valence-corrected chi connectivity index (χ2v) is 4.55. The highest BCUT2D eigenvalue weighted by Crippen LogP contribution is 2.19. The molecule has 1 fully saturated rings. The molecule has 3 unspecified atom stereocenters. The molecule has 18 heavy (non-hydrogen) atoms. The first-order valence-electron chi connectivity index (χ1n) is 6.25. The summed E-state index contributed by atoms with van der Waals surface area (Å²) in [5.41, 5.74) is 5.59. The summed E-state index contributed by atoms with van der Waals surface area (Å²) >= 11 is 0. The van der Waals surface area contributed by atoms with Gasteiger partial charge in [0.2, 0.25) is 0 Å². The molecule has 0 bridgehead atoms. The summed E-state index contributed by atoms with van der Waals surface area (Å²) in [5.74, 6) is -0.657. The summed E-state index contributed by atoms with van der Waals surface area (Å²) in [6.07, 6.45) is 0.844. The molecule has 1 aliphatic rings. The van der Waals surface area contributed by atoms with Gasteiger partial charge in [0, 0.05) is 20.2 Å². The lowest BCUT2D eigenvalue weighted by Gasteiger charge is -2.36. The highest BCUT2D eigenvalue weighted by Gasteiger charge is 2.34. The maximum atomic E-state index is 12.0. The normalized spacial score (nSPS) is 25.7. The van der Waals surface area contributed by atoms with E-state index < -0.39 is 12.0 Å². The minimum Gasteiger partial charge on any atom is -0.464 e. The standard InChI is InChI=1S/C12H22N2O4/c1-4-18-12(16)10(13)11(15)14-6-5-8(2)9(7-14)17-3/h8-10H,4-7,13H2,1-3H3. The Labute approximate surface area is 107 Å². The molecule has 0 aliphatic carbocycles. The van der Waals surface area contributed by atoms with E-state index in [0.717, 1.165) is 6.42 Å². The van der Waals surface area contributed by atoms with Crippen molar-refractivity contribution >= 4 is 11.9 Å². The van der Waals surface area contributed by atoms with Crippen molar-refractivity contribution in [2.75, 3.05) is 26.8 Å². The SMILES string of the molecule is CCOC(=O)C(N)C(=O)N1CCC(C)C(OC)C1. The lowest BCUT2D eigenvalue weighted by atomic mass is 9.95. The van der Waals surface area contributed by atoms with E-state index in [2.05, 4.69) is 6.92 Å². The van der Waals surface area contributed by atoms with Crippen LogP contribution in [0.3, 0.4) is 0 Å². The van der Waals surface area contributed by atoms with Gasteiger partial charge in [-0.25, -0.2) is 4.79 Å². The lowest BCUT2D eigenvalue weighted by Crippen LogP contribution is -2.54. The molecule has 0 aromatic rings. The summed E-state index contributed by atoms with van der Waals surface area (Å²) in [7, 11) is 1.63. The first-order chi connectivity index (χ1) is 8.51. The molecule has 1 rings (SSSR count). The number of carbonyl (C=O) groups is 2. The third kappa shape index (κ3) is 3.43. The summed E-state index contributed by atoms with van der Waals surface area (Å²) in [4.78, 5) is 25.0. The maximum Gasteiger partial charge on any atom is 0.332 e. The lowest BCUT2D eigenvalue weighted by molar-refractivity contribution is -0.152. The highest BCUT2D eigenvalue weighted by atomic mass is 16.5. The zero-order chi connectivity index (χ0) is 13.7. The Bertz CT molecular complexity index is 308. The van der Waals surface area contributed by atoms with Crippen LogP contribution < -0.4 is 5.73 Å². The van der Waals surface area contributed by atoms with E-state index in [4.69, 9.17) is 15.2 Å². The summed E-state index contributed by atoms with van der Waals surface area (Å²) in [5, 5.41) is 0. The molecule has 0 radical (unpaired) electrons. The summed E-state index contributed by atoms with van der Waals surface area (Å²) < 4.78 is 10.1. The molecule has 1 amide bonds. The van der Waals surface area contributed by atoms with Gasteiger partial charge in [0.15, 0.2) is 6.04 Å². The molecule has 6 nitrogen and oxygen atoms in total. The third-order valence-electron chi connectivity index (χ3n) is 3.31. The van der Waals surface area contributed by atoms with Crippen molar-refractivity contribution in [2.24, 2.45) is 11.7 Å². The van der Waals surface area contributed by atoms with Gasteiger partial charge < -0.3 is 20.1 Å². The van der Waals surface area contributed by atoms with Crippen LogP contribution >= 0.6 is 0 Å². The number of methoxy groups -OCH3 is 1. The van der Waals surface area contributed by atoms with Crippen molar-refractivity contribution in [3.63, 3.8) is 0 Å². The van der Waals surface area contributed by atoms with Crippen LogP contribution in [0.25, 0.3) is 0 Å². The number of ether oxygens (including phenoxy) is 2. The average molecular weight is 258 g/mol. The molecule has 0 aromatic heterocycles. The van der Waals surface area contributed by atoms with Crippen LogP contribution in [0.4, 0.5) is 0 Å². The Morgan fingerprint density at radius 2 is 2.17 bits per heavy atom. The Balaban J connectivity index is 2.59. The number of carbonyl (C=O) groups excluding carboxylic acids is 2. The molecule has 1 saturated heterocycles. The number of rotatable bonds is 4. The second kappa shape index (κ2) is 6.70. The minimum absolute atomic E-state index is 0.00269. The Morgan fingerprint density at radius 1 is 1.50 bits per heavy atom. The summed E-state index contributed by atoms with van der Waals surface area (Å²) in [6, 6.07) is -1.23. The van der Waals surface area contributed by atoms with Gasteiger partial charge in [-0.1, -0.05) is 6.92 Å². The molecule has 6 heteroatoms. The Kier molecular flexibility index (Phi) is 5.55. The molecule has 0 spiro atoms. The quantitative estimate of drug-likeness (QED) is 0.556. The van der Waals surface area contributed by atoms with Crippen LogP contribution in [0.1, 0.15) is 20.3 Å². The number of nitrogens with zero attached hydrogens (tertiary/aromatic N) is 1. The number of hydrogen-bond donors (Lipinski definition) is 1. The van der Waals surface area contributed by atoms with Crippen LogP contribution in [0.5, 0.6) is 0 Å². The summed E-state index contributed by atoms with van der Waals surface area (Å²) in [6.45, 7) is 5.06. The van der Waals surface area contributed by atoms with E-state index >= 15 is 0 Å². The average Bonchev–Trinajstić information content (AvgIpc) is 2.38. The maximum absolute atomic E-state index is 12.0. The first kappa shape index (κ1) is 14.9. The van der Waals surface area contributed by atoms with Crippen molar-refractivity contribution < 1.29 is 19.1 Å². The van der Waals surface area contributed by atoms with E-state index in [9.17, 15) is 9.59 Å². The van der Waals surface area contributed by atoms with Gasteiger partial charge >= 0.3 is 5.97 Å². The number of hydrogen-bond acceptors (Lipinski definition) is 5. The fraction of sp³-hybridized carbons (Fsp3) is 0.833. The zero-order valence-electron chi connectivity index (χ0n) is 11.2. The van der Waals surface area contributed by atoms with E-state index in [1.807, 2.05) is 0 Å². The van der Waals surface area contributed by atoms with Gasteiger partial charge in [-0.15, -0.1) is 0 Å². The smallest absolute Gasteiger partial charge is 0.332 e. The van der Waals surface area contributed by atoms with Crippen molar-refractivity contribution in [3.8, 4) is 0 Å². The van der Waals surface area contributed by atoms with Crippen molar-refractivity contribution in [1.82, 2.24) is 4.90 Å². The van der Waals surface area contributed by atoms with E-state index in [0.29, 0.717) is 19.0 Å². The van der Waals surface area contributed by atoms with Gasteiger partial charge in [-0.05, 0) is 19.3 Å². The Hall–Kier alpha value is -1.14. The first-order valence-corrected chi connectivity index (χ1v) is 6.25. The number of piperidine rings is 1. The van der Waals surface area contributed by atoms with Gasteiger partial charge in [0.1, 0.15) is 0 Å². The minimum atomic E-state index is -1.23. The van der Waals surface area contributed by atoms with E-state index in [1.54, 1.807) is 18.9 Å². The molecular weight excluding hydrogens is 236 g/mol. The molecule has 0 saturated carbocycles. The third-order valence-corrected chi connectivity index (χ3v) is 3.31. The van der Waals surface area contributed by atoms with Gasteiger partial charge in [0.05, 0.1) is 12.7 Å². The van der Waals surface area contributed by atoms with Crippen molar-refractivity contribution in [1.29, 1.82) is 0 Å². The monoisotopic (exact) mass is 258 g/mol. The molecule has 104 valence electrons. The fourth-order valence-corrected chi connectivity index (χ4v) is 2.07. The number of amides is 1. The van der Waals surface area contributed by atoms with E-state index in [-0.39, 0.29) is 18.6 Å². The van der Waals surface area contributed by atoms with Crippen LogP contribution in [0.2, 0.25) is 0 Å². The van der Waals surface area contributed by atoms with Gasteiger partial charge in [-0.2, -0.15) is 0 Å². The predicted molar refractivity (Wildman–Crippen MR) is 65.8 cm³/mol. The molecule has 1 aliphatic heterocycles. The van der Waals surface area contributed by atoms with Crippen molar-refractivity contribution in [3.05, 3.63) is 0 Å². The van der Waals surface area contributed by atoms with Crippen molar-refractivity contribution in [2.45, 2.75) is 32.4 Å². The zero-order valence-corrected chi connectivity index (χ0v) is 11.2. The fourth-order valence-electron chi connectivity index (χ4n) is 2.07. The molecule has 2 N–H and O–H groups in total. The van der Waals surface area contributed by atoms with E-state index in [1.165, 1.54) is 0 Å². The number of esters is 1. The van der Waals surface area contributed by atoms with Gasteiger partial charge in [-0.3, -0.25) is 4.79 Å². The highest BCUT2D eigenvalue weighted by molar-refractivity contribution is 6.01. The second-order valence-electron chi connectivity index (χ2n) is 4.55. The number of likely N-dealkylation sites (tertiary alicyclic amines) is 1. The predicted octanol–water partition coefficient (Wildman–Crippen LogP) is -0.240. The van der Waals surface area contributed by atoms with Crippen LogP contribution in [-0.4, -0.2) is 55.7 Å². The number of nitrogens with two attached hydrogens (primary N) is 1. The van der Waals surface area contributed by atoms with Crippen LogP contribution in [0.15, 0.2) is 0 Å². The Morgan fingerprint density at radius 3 is 2.72 bits per heavy atom. The van der Waals surface area contributed by atoms with Crippen LogP contribution in [-0.2, 0) is 19.1 Å². The molecule has 0 aromatic carbocycles. The molecular formula is C12H22N2O4. The van der Waals surface area contributed by atoms with Gasteiger partial charge in [0.25, 0.3) is 5.91 Å². The largest absolute Gasteiger partial charge is 0.464 e. The molecule has 1 heterocycles. The topological polar surface area (TPSA) is 81.9 Å².